The van der Waals surface area contributed by atoms with E-state index in [-0.39, 0.29) is 5.92 Å². The van der Waals surface area contributed by atoms with E-state index < -0.39 is 0 Å². The topological polar surface area (TPSA) is 51.5 Å². The second-order valence-electron chi connectivity index (χ2n) is 5.13. The number of benzene rings is 1. The van der Waals surface area contributed by atoms with E-state index in [1.807, 2.05) is 12.1 Å². The van der Waals surface area contributed by atoms with E-state index in [0.717, 1.165) is 12.0 Å². The molecule has 1 unspecified atom stereocenters. The van der Waals surface area contributed by atoms with Crippen molar-refractivity contribution in [2.75, 3.05) is 21.3 Å². The van der Waals surface area contributed by atoms with Crippen LogP contribution < -0.4 is 14.2 Å². The molecule has 1 aromatic carbocycles. The first-order valence-electron chi connectivity index (χ1n) is 6.74. The van der Waals surface area contributed by atoms with Crippen LogP contribution in [0.25, 0.3) is 0 Å². The van der Waals surface area contributed by atoms with Gasteiger partial charge in [-0.25, -0.2) is 0 Å². The molecule has 0 bridgehead atoms. The van der Waals surface area contributed by atoms with Gasteiger partial charge in [-0.05, 0) is 12.3 Å². The monoisotopic (exact) mass is 277 g/mol. The van der Waals surface area contributed by atoms with E-state index >= 15 is 0 Å². The Morgan fingerprint density at radius 2 is 1.60 bits per heavy atom. The standard InChI is InChI=1S/C16H23NO3/c1-11(2)8-12(6-7-17)16-14(19-4)9-13(18-3)10-15(16)20-5/h9-12H,6,8H2,1-5H3. The lowest BCUT2D eigenvalue weighted by atomic mass is 9.87. The summed E-state index contributed by atoms with van der Waals surface area (Å²) in [6, 6.07) is 5.93. The molecular formula is C16H23NO3. The molecule has 0 radical (unpaired) electrons. The summed E-state index contributed by atoms with van der Waals surface area (Å²) in [5, 5.41) is 9.08. The molecule has 4 heteroatoms. The van der Waals surface area contributed by atoms with Crippen molar-refractivity contribution >= 4 is 0 Å². The second kappa shape index (κ2) is 7.64. The van der Waals surface area contributed by atoms with Gasteiger partial charge in [-0.2, -0.15) is 5.26 Å². The molecule has 1 rings (SSSR count). The first kappa shape index (κ1) is 16.2. The number of nitrogens with zero attached hydrogens (tertiary/aromatic N) is 1. The van der Waals surface area contributed by atoms with Gasteiger partial charge in [-0.3, -0.25) is 0 Å². The van der Waals surface area contributed by atoms with Gasteiger partial charge >= 0.3 is 0 Å². The summed E-state index contributed by atoms with van der Waals surface area (Å²) >= 11 is 0. The van der Waals surface area contributed by atoms with Gasteiger partial charge in [-0.15, -0.1) is 0 Å². The first-order valence-corrected chi connectivity index (χ1v) is 6.74. The Bertz CT molecular complexity index is 452. The fraction of sp³-hybridized carbons (Fsp3) is 0.562. The fourth-order valence-electron chi connectivity index (χ4n) is 2.42. The highest BCUT2D eigenvalue weighted by molar-refractivity contribution is 5.52. The molecule has 0 fully saturated rings. The second-order valence-corrected chi connectivity index (χ2v) is 5.13. The Hall–Kier alpha value is -1.89. The minimum absolute atomic E-state index is 0.0933. The average Bonchev–Trinajstić information content (AvgIpc) is 2.44. The molecule has 0 saturated heterocycles. The molecule has 0 aromatic heterocycles. The van der Waals surface area contributed by atoms with Gasteiger partial charge in [0, 0.05) is 30.0 Å². The Labute approximate surface area is 121 Å². The summed E-state index contributed by atoms with van der Waals surface area (Å²) < 4.78 is 16.2. The predicted octanol–water partition coefficient (Wildman–Crippen LogP) is 3.76. The van der Waals surface area contributed by atoms with Crippen molar-refractivity contribution in [3.63, 3.8) is 0 Å². The molecule has 4 nitrogen and oxygen atoms in total. The molecule has 0 aliphatic heterocycles. The predicted molar refractivity (Wildman–Crippen MR) is 78.5 cm³/mol. The third kappa shape index (κ3) is 3.80. The highest BCUT2D eigenvalue weighted by atomic mass is 16.5. The zero-order valence-corrected chi connectivity index (χ0v) is 12.9. The van der Waals surface area contributed by atoms with E-state index in [9.17, 15) is 0 Å². The van der Waals surface area contributed by atoms with E-state index in [4.69, 9.17) is 19.5 Å². The van der Waals surface area contributed by atoms with Crippen LogP contribution in [0, 0.1) is 17.2 Å². The Morgan fingerprint density at radius 3 is 1.95 bits per heavy atom. The van der Waals surface area contributed by atoms with Crippen LogP contribution in [-0.4, -0.2) is 21.3 Å². The molecule has 1 aromatic rings. The van der Waals surface area contributed by atoms with Gasteiger partial charge in [0.25, 0.3) is 0 Å². The number of nitriles is 1. The van der Waals surface area contributed by atoms with Crippen molar-refractivity contribution in [1.82, 2.24) is 0 Å². The van der Waals surface area contributed by atoms with Crippen LogP contribution in [0.15, 0.2) is 12.1 Å². The van der Waals surface area contributed by atoms with Gasteiger partial charge in [-0.1, -0.05) is 13.8 Å². The normalized spacial score (nSPS) is 11.8. The van der Waals surface area contributed by atoms with Crippen LogP contribution in [0.1, 0.15) is 38.2 Å². The van der Waals surface area contributed by atoms with Crippen molar-refractivity contribution < 1.29 is 14.2 Å². The van der Waals surface area contributed by atoms with Gasteiger partial charge < -0.3 is 14.2 Å². The van der Waals surface area contributed by atoms with Crippen LogP contribution in [0.2, 0.25) is 0 Å². The summed E-state index contributed by atoms with van der Waals surface area (Å²) in [5.74, 6) is 2.69. The van der Waals surface area contributed by atoms with Crippen LogP contribution >= 0.6 is 0 Å². The summed E-state index contributed by atoms with van der Waals surface area (Å²) in [7, 11) is 4.85. The molecule has 0 aliphatic carbocycles. The Balaban J connectivity index is 3.33. The quantitative estimate of drug-likeness (QED) is 0.761. The van der Waals surface area contributed by atoms with Gasteiger partial charge in [0.2, 0.25) is 0 Å². The van der Waals surface area contributed by atoms with E-state index in [1.165, 1.54) is 0 Å². The Morgan fingerprint density at radius 1 is 1.05 bits per heavy atom. The third-order valence-electron chi connectivity index (χ3n) is 3.26. The molecular weight excluding hydrogens is 254 g/mol. The lowest BCUT2D eigenvalue weighted by Gasteiger charge is -2.22. The summed E-state index contributed by atoms with van der Waals surface area (Å²) in [5.41, 5.74) is 0.950. The van der Waals surface area contributed by atoms with Gasteiger partial charge in [0.15, 0.2) is 0 Å². The maximum Gasteiger partial charge on any atom is 0.129 e. The molecule has 0 saturated carbocycles. The number of methoxy groups -OCH3 is 3. The average molecular weight is 277 g/mol. The highest BCUT2D eigenvalue weighted by Crippen LogP contribution is 2.42. The third-order valence-corrected chi connectivity index (χ3v) is 3.26. The van der Waals surface area contributed by atoms with Gasteiger partial charge in [0.05, 0.1) is 27.4 Å². The number of ether oxygens (including phenoxy) is 3. The summed E-state index contributed by atoms with van der Waals surface area (Å²) in [4.78, 5) is 0. The SMILES string of the molecule is COc1cc(OC)c(C(CC#N)CC(C)C)c(OC)c1. The molecule has 110 valence electrons. The molecule has 0 amide bonds. The van der Waals surface area contributed by atoms with E-state index in [0.29, 0.717) is 29.6 Å². The summed E-state index contributed by atoms with van der Waals surface area (Å²) in [6.45, 7) is 4.29. The molecule has 20 heavy (non-hydrogen) atoms. The maximum atomic E-state index is 9.08. The zero-order chi connectivity index (χ0) is 15.1. The van der Waals surface area contributed by atoms with Crippen molar-refractivity contribution in [3.8, 4) is 23.3 Å². The maximum absolute atomic E-state index is 9.08. The molecule has 1 atom stereocenters. The molecule has 0 heterocycles. The van der Waals surface area contributed by atoms with Crippen molar-refractivity contribution in [1.29, 1.82) is 5.26 Å². The largest absolute Gasteiger partial charge is 0.496 e. The molecule has 0 spiro atoms. The number of hydrogen-bond acceptors (Lipinski definition) is 4. The number of hydrogen-bond donors (Lipinski definition) is 0. The van der Waals surface area contributed by atoms with Gasteiger partial charge in [0.1, 0.15) is 17.2 Å². The summed E-state index contributed by atoms with van der Waals surface area (Å²) in [6.07, 6.45) is 1.35. The van der Waals surface area contributed by atoms with Crippen LogP contribution in [0.3, 0.4) is 0 Å². The minimum Gasteiger partial charge on any atom is -0.496 e. The van der Waals surface area contributed by atoms with E-state index in [1.54, 1.807) is 21.3 Å². The Kier molecular flexibility index (Phi) is 6.17. The minimum atomic E-state index is 0.0933. The highest BCUT2D eigenvalue weighted by Gasteiger charge is 2.23. The van der Waals surface area contributed by atoms with Crippen molar-refractivity contribution in [2.45, 2.75) is 32.6 Å². The fourth-order valence-corrected chi connectivity index (χ4v) is 2.42. The van der Waals surface area contributed by atoms with Crippen LogP contribution in [0.4, 0.5) is 0 Å². The van der Waals surface area contributed by atoms with Crippen molar-refractivity contribution in [2.24, 2.45) is 5.92 Å². The zero-order valence-electron chi connectivity index (χ0n) is 12.9. The first-order chi connectivity index (χ1) is 9.57. The number of rotatable bonds is 7. The van der Waals surface area contributed by atoms with E-state index in [2.05, 4.69) is 19.9 Å². The van der Waals surface area contributed by atoms with Crippen LogP contribution in [-0.2, 0) is 0 Å². The van der Waals surface area contributed by atoms with Crippen molar-refractivity contribution in [3.05, 3.63) is 17.7 Å². The van der Waals surface area contributed by atoms with Crippen LogP contribution in [0.5, 0.6) is 17.2 Å². The molecule has 0 N–H and O–H groups in total. The molecule has 0 aliphatic rings. The lowest BCUT2D eigenvalue weighted by Crippen LogP contribution is -2.07. The lowest BCUT2D eigenvalue weighted by molar-refractivity contribution is 0.358. The smallest absolute Gasteiger partial charge is 0.129 e.